The molecule has 0 amide bonds. The highest BCUT2D eigenvalue weighted by Gasteiger charge is 2.24. The van der Waals surface area contributed by atoms with Crippen molar-refractivity contribution < 1.29 is 9.13 Å². The number of hydrogen-bond acceptors (Lipinski definition) is 3. The van der Waals surface area contributed by atoms with Crippen molar-refractivity contribution >= 4 is 0 Å². The smallest absolute Gasteiger partial charge is 0.123 e. The fraction of sp³-hybridized carbons (Fsp3) is 0.348. The van der Waals surface area contributed by atoms with Gasteiger partial charge in [-0.25, -0.2) is 9.07 Å². The van der Waals surface area contributed by atoms with Gasteiger partial charge in [0.05, 0.1) is 24.6 Å². The Morgan fingerprint density at radius 3 is 2.57 bits per heavy atom. The molecule has 0 unspecified atom stereocenters. The number of morpholine rings is 1. The predicted octanol–water partition coefficient (Wildman–Crippen LogP) is 4.60. The van der Waals surface area contributed by atoms with Crippen LogP contribution < -0.4 is 0 Å². The molecule has 1 saturated heterocycles. The first-order valence-corrected chi connectivity index (χ1v) is 9.87. The zero-order valence-electron chi connectivity index (χ0n) is 16.4. The highest BCUT2D eigenvalue weighted by atomic mass is 19.1. The Morgan fingerprint density at radius 2 is 1.86 bits per heavy atom. The van der Waals surface area contributed by atoms with E-state index in [0.717, 1.165) is 55.2 Å². The fourth-order valence-corrected chi connectivity index (χ4v) is 3.70. The Hall–Kier alpha value is -2.50. The zero-order valence-corrected chi connectivity index (χ0v) is 16.4. The molecule has 146 valence electrons. The summed E-state index contributed by atoms with van der Waals surface area (Å²) in [4.78, 5) is 2.47. The van der Waals surface area contributed by atoms with E-state index >= 15 is 0 Å². The first-order valence-electron chi connectivity index (χ1n) is 9.87. The van der Waals surface area contributed by atoms with Crippen molar-refractivity contribution in [2.24, 2.45) is 0 Å². The summed E-state index contributed by atoms with van der Waals surface area (Å²) in [6.45, 7) is 7.52. The van der Waals surface area contributed by atoms with Crippen molar-refractivity contribution in [3.8, 4) is 16.9 Å². The van der Waals surface area contributed by atoms with Gasteiger partial charge in [-0.3, -0.25) is 4.90 Å². The predicted molar refractivity (Wildman–Crippen MR) is 109 cm³/mol. The number of rotatable bonds is 5. The lowest BCUT2D eigenvalue weighted by Gasteiger charge is -2.34. The molecule has 2 heterocycles. The minimum Gasteiger partial charge on any atom is -0.378 e. The molecule has 1 atom stereocenters. The van der Waals surface area contributed by atoms with Gasteiger partial charge in [-0.15, -0.1) is 0 Å². The summed E-state index contributed by atoms with van der Waals surface area (Å²) in [6.07, 6.45) is 3.16. The molecular weight excluding hydrogens is 353 g/mol. The Kier molecular flexibility index (Phi) is 5.55. The van der Waals surface area contributed by atoms with Crippen molar-refractivity contribution in [2.45, 2.75) is 32.9 Å². The van der Waals surface area contributed by atoms with E-state index in [1.165, 1.54) is 17.7 Å². The van der Waals surface area contributed by atoms with E-state index in [1.807, 2.05) is 4.68 Å². The third-order valence-corrected chi connectivity index (χ3v) is 5.40. The summed E-state index contributed by atoms with van der Waals surface area (Å²) in [5.74, 6) is -0.234. The van der Waals surface area contributed by atoms with Crippen LogP contribution in [0.25, 0.3) is 16.9 Å². The lowest BCUT2D eigenvalue weighted by atomic mass is 10.1. The summed E-state index contributed by atoms with van der Waals surface area (Å²) in [6, 6.07) is 15.3. The minimum absolute atomic E-state index is 0.234. The first kappa shape index (κ1) is 18.8. The topological polar surface area (TPSA) is 30.3 Å². The molecule has 0 aliphatic carbocycles. The number of halogens is 1. The third kappa shape index (κ3) is 4.01. The van der Waals surface area contributed by atoms with Crippen LogP contribution in [-0.4, -0.2) is 40.5 Å². The van der Waals surface area contributed by atoms with Crippen LogP contribution >= 0.6 is 0 Å². The van der Waals surface area contributed by atoms with E-state index < -0.39 is 0 Å². The second-order valence-electron chi connectivity index (χ2n) is 7.40. The van der Waals surface area contributed by atoms with Gasteiger partial charge in [0.15, 0.2) is 0 Å². The van der Waals surface area contributed by atoms with Gasteiger partial charge in [-0.05, 0) is 49.7 Å². The number of nitrogens with zero attached hydrogens (tertiary/aromatic N) is 3. The standard InChI is InChI=1S/C23H26FN3O/c1-3-21-16-28-13-12-26(21)14-19-15-27(22-10-4-17(2)5-11-22)25-23(19)18-6-8-20(24)9-7-18/h4-11,15,21H,3,12-14,16H2,1-2H3/t21-/m1/s1. The van der Waals surface area contributed by atoms with Gasteiger partial charge >= 0.3 is 0 Å². The van der Waals surface area contributed by atoms with Crippen LogP contribution in [0.4, 0.5) is 4.39 Å². The Balaban J connectivity index is 1.72. The molecule has 1 aliphatic rings. The highest BCUT2D eigenvalue weighted by molar-refractivity contribution is 5.63. The highest BCUT2D eigenvalue weighted by Crippen LogP contribution is 2.27. The van der Waals surface area contributed by atoms with E-state index in [9.17, 15) is 4.39 Å². The van der Waals surface area contributed by atoms with Crippen LogP contribution in [-0.2, 0) is 11.3 Å². The Morgan fingerprint density at radius 1 is 1.11 bits per heavy atom. The molecule has 5 heteroatoms. The summed E-state index contributed by atoms with van der Waals surface area (Å²) < 4.78 is 21.0. The summed E-state index contributed by atoms with van der Waals surface area (Å²) in [5, 5.41) is 4.86. The number of benzene rings is 2. The second-order valence-corrected chi connectivity index (χ2v) is 7.40. The van der Waals surface area contributed by atoms with Crippen LogP contribution in [0.15, 0.2) is 54.7 Å². The monoisotopic (exact) mass is 379 g/mol. The molecule has 3 aromatic rings. The Labute approximate surface area is 165 Å². The average Bonchev–Trinajstić information content (AvgIpc) is 3.13. The van der Waals surface area contributed by atoms with Crippen molar-refractivity contribution in [3.05, 3.63) is 71.7 Å². The molecule has 2 aromatic carbocycles. The third-order valence-electron chi connectivity index (χ3n) is 5.40. The maximum Gasteiger partial charge on any atom is 0.123 e. The van der Waals surface area contributed by atoms with Crippen molar-refractivity contribution in [1.29, 1.82) is 0 Å². The number of aryl methyl sites for hydroxylation is 1. The first-order chi connectivity index (χ1) is 13.6. The molecule has 0 bridgehead atoms. The van der Waals surface area contributed by atoms with Gasteiger partial charge < -0.3 is 4.74 Å². The van der Waals surface area contributed by atoms with Crippen molar-refractivity contribution in [3.63, 3.8) is 0 Å². The van der Waals surface area contributed by atoms with Gasteiger partial charge in [-0.1, -0.05) is 24.6 Å². The largest absolute Gasteiger partial charge is 0.378 e. The van der Waals surface area contributed by atoms with E-state index in [1.54, 1.807) is 12.1 Å². The van der Waals surface area contributed by atoms with Gasteiger partial charge in [0.2, 0.25) is 0 Å². The normalized spacial score (nSPS) is 17.8. The summed E-state index contributed by atoms with van der Waals surface area (Å²) in [5.41, 5.74) is 5.22. The number of aromatic nitrogens is 2. The SMILES string of the molecule is CC[C@@H]1COCCN1Cc1cn(-c2ccc(C)cc2)nc1-c1ccc(F)cc1. The van der Waals surface area contributed by atoms with Crippen LogP contribution in [0.2, 0.25) is 0 Å². The van der Waals surface area contributed by atoms with E-state index in [2.05, 4.69) is 49.2 Å². The maximum absolute atomic E-state index is 13.4. The van der Waals surface area contributed by atoms with Crippen molar-refractivity contribution in [2.75, 3.05) is 19.8 Å². The Bertz CT molecular complexity index is 918. The van der Waals surface area contributed by atoms with Gasteiger partial charge in [0.1, 0.15) is 5.82 Å². The minimum atomic E-state index is -0.234. The molecule has 1 aromatic heterocycles. The van der Waals surface area contributed by atoms with Gasteiger partial charge in [0.25, 0.3) is 0 Å². The summed E-state index contributed by atoms with van der Waals surface area (Å²) in [7, 11) is 0. The number of ether oxygens (including phenoxy) is 1. The molecule has 0 N–H and O–H groups in total. The fourth-order valence-electron chi connectivity index (χ4n) is 3.70. The summed E-state index contributed by atoms with van der Waals surface area (Å²) >= 11 is 0. The molecule has 0 radical (unpaired) electrons. The van der Waals surface area contributed by atoms with Crippen LogP contribution in [0.5, 0.6) is 0 Å². The lowest BCUT2D eigenvalue weighted by Crippen LogP contribution is -2.44. The van der Waals surface area contributed by atoms with Crippen LogP contribution in [0.3, 0.4) is 0 Å². The molecule has 1 fully saturated rings. The molecule has 0 saturated carbocycles. The molecule has 4 nitrogen and oxygen atoms in total. The average molecular weight is 379 g/mol. The number of hydrogen-bond donors (Lipinski definition) is 0. The van der Waals surface area contributed by atoms with Crippen LogP contribution in [0.1, 0.15) is 24.5 Å². The van der Waals surface area contributed by atoms with E-state index in [0.29, 0.717) is 6.04 Å². The quantitative estimate of drug-likeness (QED) is 0.649. The maximum atomic E-state index is 13.4. The lowest BCUT2D eigenvalue weighted by molar-refractivity contribution is -0.0126. The second kappa shape index (κ2) is 8.25. The van der Waals surface area contributed by atoms with Gasteiger partial charge in [0, 0.05) is 36.5 Å². The van der Waals surface area contributed by atoms with E-state index in [4.69, 9.17) is 9.84 Å². The molecule has 1 aliphatic heterocycles. The zero-order chi connectivity index (χ0) is 19.5. The van der Waals surface area contributed by atoms with E-state index in [-0.39, 0.29) is 5.82 Å². The molecule has 0 spiro atoms. The van der Waals surface area contributed by atoms with Crippen molar-refractivity contribution in [1.82, 2.24) is 14.7 Å². The van der Waals surface area contributed by atoms with Crippen LogP contribution in [0, 0.1) is 12.7 Å². The van der Waals surface area contributed by atoms with Gasteiger partial charge in [-0.2, -0.15) is 5.10 Å². The molecule has 28 heavy (non-hydrogen) atoms. The molecular formula is C23H26FN3O. The molecule has 4 rings (SSSR count).